The highest BCUT2D eigenvalue weighted by atomic mass is 16.2. The second-order valence-electron chi connectivity index (χ2n) is 8.55. The van der Waals surface area contributed by atoms with Crippen molar-refractivity contribution in [1.29, 1.82) is 0 Å². The third kappa shape index (κ3) is 3.26. The summed E-state index contributed by atoms with van der Waals surface area (Å²) in [5, 5.41) is 6.93. The van der Waals surface area contributed by atoms with E-state index in [0.29, 0.717) is 30.6 Å². The van der Waals surface area contributed by atoms with Gasteiger partial charge in [-0.25, -0.2) is 0 Å². The van der Waals surface area contributed by atoms with Crippen LogP contribution >= 0.6 is 0 Å². The maximum absolute atomic E-state index is 13.3. The minimum atomic E-state index is -0.353. The lowest BCUT2D eigenvalue weighted by molar-refractivity contribution is -0.146. The molecular formula is C20H30N4O2. The molecule has 6 nitrogen and oxygen atoms in total. The van der Waals surface area contributed by atoms with E-state index in [2.05, 4.69) is 15.1 Å². The Kier molecular flexibility index (Phi) is 4.76. The molecule has 2 aliphatic heterocycles. The van der Waals surface area contributed by atoms with E-state index in [1.807, 2.05) is 11.8 Å². The standard InChI is InChI=1S/C20H30N4O2/c1-15-12-17(22-21-15)18(25)24-11-9-20(14-24)8-5-10-23(19(20)26)13-16-6-3-2-4-7-16/h12,16H,2-11,13-14H2,1H3,(H,21,22). The Labute approximate surface area is 155 Å². The van der Waals surface area contributed by atoms with Crippen molar-refractivity contribution in [3.8, 4) is 0 Å². The normalized spacial score (nSPS) is 27.5. The number of aryl methyl sites for hydroxylation is 1. The molecule has 142 valence electrons. The molecule has 2 saturated heterocycles. The number of amides is 2. The number of nitrogens with one attached hydrogen (secondary N) is 1. The van der Waals surface area contributed by atoms with Gasteiger partial charge >= 0.3 is 0 Å². The summed E-state index contributed by atoms with van der Waals surface area (Å²) in [4.78, 5) is 30.0. The summed E-state index contributed by atoms with van der Waals surface area (Å²) in [6, 6.07) is 1.78. The number of hydrogen-bond donors (Lipinski definition) is 1. The number of piperidine rings is 1. The van der Waals surface area contributed by atoms with Crippen LogP contribution in [-0.2, 0) is 4.79 Å². The maximum atomic E-state index is 13.3. The van der Waals surface area contributed by atoms with Crippen LogP contribution in [0.1, 0.15) is 67.5 Å². The van der Waals surface area contributed by atoms with Crippen molar-refractivity contribution >= 4 is 11.8 Å². The molecule has 1 saturated carbocycles. The molecule has 2 amide bonds. The number of rotatable bonds is 3. The van der Waals surface area contributed by atoms with Crippen LogP contribution in [0.3, 0.4) is 0 Å². The predicted molar refractivity (Wildman–Crippen MR) is 98.7 cm³/mol. The first kappa shape index (κ1) is 17.6. The molecular weight excluding hydrogens is 328 g/mol. The number of H-pyrrole nitrogens is 1. The van der Waals surface area contributed by atoms with Crippen molar-refractivity contribution in [2.75, 3.05) is 26.2 Å². The topological polar surface area (TPSA) is 69.3 Å². The average molecular weight is 358 g/mol. The first-order chi connectivity index (χ1) is 12.6. The first-order valence-corrected chi connectivity index (χ1v) is 10.2. The zero-order valence-electron chi connectivity index (χ0n) is 15.8. The molecule has 0 bridgehead atoms. The van der Waals surface area contributed by atoms with E-state index < -0.39 is 0 Å². The first-order valence-electron chi connectivity index (χ1n) is 10.2. The van der Waals surface area contributed by atoms with Gasteiger partial charge in [0.05, 0.1) is 5.41 Å². The van der Waals surface area contributed by atoms with E-state index in [4.69, 9.17) is 0 Å². The smallest absolute Gasteiger partial charge is 0.274 e. The van der Waals surface area contributed by atoms with Gasteiger partial charge in [0, 0.05) is 31.9 Å². The lowest BCUT2D eigenvalue weighted by Crippen LogP contribution is -2.51. The molecule has 1 N–H and O–H groups in total. The molecule has 0 radical (unpaired) electrons. The fourth-order valence-corrected chi connectivity index (χ4v) is 5.12. The van der Waals surface area contributed by atoms with Crippen LogP contribution in [0.4, 0.5) is 0 Å². The molecule has 1 aromatic heterocycles. The Bertz CT molecular complexity index is 679. The van der Waals surface area contributed by atoms with Gasteiger partial charge in [0.15, 0.2) is 0 Å². The minimum Gasteiger partial charge on any atom is -0.342 e. The minimum absolute atomic E-state index is 0.0524. The highest BCUT2D eigenvalue weighted by Gasteiger charge is 2.49. The van der Waals surface area contributed by atoms with Gasteiger partial charge in [-0.3, -0.25) is 14.7 Å². The molecule has 1 aromatic rings. The zero-order valence-corrected chi connectivity index (χ0v) is 15.8. The number of aromatic amines is 1. The fourth-order valence-electron chi connectivity index (χ4n) is 5.12. The van der Waals surface area contributed by atoms with Crippen LogP contribution < -0.4 is 0 Å². The molecule has 3 heterocycles. The number of hydrogen-bond acceptors (Lipinski definition) is 3. The molecule has 3 fully saturated rings. The van der Waals surface area contributed by atoms with Gasteiger partial charge in [-0.05, 0) is 51.0 Å². The van der Waals surface area contributed by atoms with Crippen LogP contribution in [0.5, 0.6) is 0 Å². The Balaban J connectivity index is 1.42. The van der Waals surface area contributed by atoms with Gasteiger partial charge in [0.25, 0.3) is 5.91 Å². The summed E-state index contributed by atoms with van der Waals surface area (Å²) < 4.78 is 0. The summed E-state index contributed by atoms with van der Waals surface area (Å²) >= 11 is 0. The summed E-state index contributed by atoms with van der Waals surface area (Å²) in [6.45, 7) is 4.92. The Morgan fingerprint density at radius 3 is 2.77 bits per heavy atom. The van der Waals surface area contributed by atoms with Crippen molar-refractivity contribution in [3.63, 3.8) is 0 Å². The van der Waals surface area contributed by atoms with Gasteiger partial charge in [-0.15, -0.1) is 0 Å². The molecule has 3 aliphatic rings. The van der Waals surface area contributed by atoms with Crippen molar-refractivity contribution in [2.45, 2.75) is 58.3 Å². The number of aromatic nitrogens is 2. The van der Waals surface area contributed by atoms with E-state index in [0.717, 1.165) is 38.0 Å². The summed E-state index contributed by atoms with van der Waals surface area (Å²) in [7, 11) is 0. The maximum Gasteiger partial charge on any atom is 0.274 e. The van der Waals surface area contributed by atoms with Crippen LogP contribution in [0.25, 0.3) is 0 Å². The number of carbonyl (C=O) groups excluding carboxylic acids is 2. The largest absolute Gasteiger partial charge is 0.342 e. The second kappa shape index (κ2) is 7.05. The summed E-state index contributed by atoms with van der Waals surface area (Å²) in [5.41, 5.74) is 0.991. The summed E-state index contributed by atoms with van der Waals surface area (Å²) in [6.07, 6.45) is 9.25. The van der Waals surface area contributed by atoms with E-state index in [1.54, 1.807) is 6.07 Å². The quantitative estimate of drug-likeness (QED) is 0.903. The van der Waals surface area contributed by atoms with Crippen LogP contribution in [0, 0.1) is 18.3 Å². The molecule has 1 aliphatic carbocycles. The van der Waals surface area contributed by atoms with Crippen molar-refractivity contribution in [3.05, 3.63) is 17.5 Å². The van der Waals surface area contributed by atoms with Crippen LogP contribution in [0.15, 0.2) is 6.07 Å². The van der Waals surface area contributed by atoms with E-state index in [9.17, 15) is 9.59 Å². The average Bonchev–Trinajstić information content (AvgIpc) is 3.27. The predicted octanol–water partition coefficient (Wildman–Crippen LogP) is 2.75. The zero-order chi connectivity index (χ0) is 18.1. The fraction of sp³-hybridized carbons (Fsp3) is 0.750. The Morgan fingerprint density at radius 1 is 1.23 bits per heavy atom. The van der Waals surface area contributed by atoms with E-state index in [1.165, 1.54) is 32.1 Å². The lowest BCUT2D eigenvalue weighted by Gasteiger charge is -2.41. The third-order valence-electron chi connectivity index (χ3n) is 6.59. The second-order valence-corrected chi connectivity index (χ2v) is 8.55. The van der Waals surface area contributed by atoms with Crippen molar-refractivity contribution in [2.24, 2.45) is 11.3 Å². The highest BCUT2D eigenvalue weighted by molar-refractivity contribution is 5.94. The highest BCUT2D eigenvalue weighted by Crippen LogP contribution is 2.41. The van der Waals surface area contributed by atoms with Gasteiger partial charge in [-0.1, -0.05) is 19.3 Å². The Morgan fingerprint density at radius 2 is 2.04 bits per heavy atom. The van der Waals surface area contributed by atoms with Gasteiger partial charge in [0.2, 0.25) is 5.91 Å². The van der Waals surface area contributed by atoms with Crippen LogP contribution in [-0.4, -0.2) is 58.0 Å². The van der Waals surface area contributed by atoms with E-state index in [-0.39, 0.29) is 11.3 Å². The molecule has 1 unspecified atom stereocenters. The molecule has 4 rings (SSSR count). The lowest BCUT2D eigenvalue weighted by atomic mass is 9.77. The third-order valence-corrected chi connectivity index (χ3v) is 6.59. The number of nitrogens with zero attached hydrogens (tertiary/aromatic N) is 3. The van der Waals surface area contributed by atoms with Crippen LogP contribution in [0.2, 0.25) is 0 Å². The van der Waals surface area contributed by atoms with Gasteiger partial charge in [0.1, 0.15) is 5.69 Å². The van der Waals surface area contributed by atoms with Gasteiger partial charge in [-0.2, -0.15) is 5.10 Å². The van der Waals surface area contributed by atoms with E-state index >= 15 is 0 Å². The molecule has 1 spiro atoms. The van der Waals surface area contributed by atoms with Crippen molar-refractivity contribution < 1.29 is 9.59 Å². The Hall–Kier alpha value is -1.85. The molecule has 6 heteroatoms. The van der Waals surface area contributed by atoms with Crippen molar-refractivity contribution in [1.82, 2.24) is 20.0 Å². The molecule has 26 heavy (non-hydrogen) atoms. The molecule has 0 aromatic carbocycles. The molecule has 1 atom stereocenters. The monoisotopic (exact) mass is 358 g/mol. The SMILES string of the molecule is Cc1cc(C(=O)N2CCC3(CCCN(CC4CCCCC4)C3=O)C2)n[nH]1. The number of likely N-dealkylation sites (tertiary alicyclic amines) is 2. The summed E-state index contributed by atoms with van der Waals surface area (Å²) in [5.74, 6) is 0.917. The number of carbonyl (C=O) groups is 2. The van der Waals surface area contributed by atoms with Gasteiger partial charge < -0.3 is 9.80 Å².